The number of esters is 4. The van der Waals surface area contributed by atoms with Gasteiger partial charge in [0, 0.05) is 25.7 Å². The summed E-state index contributed by atoms with van der Waals surface area (Å²) in [5.41, 5.74) is 0. The van der Waals surface area contributed by atoms with Crippen molar-refractivity contribution in [2.24, 2.45) is 23.7 Å². The molecule has 82 heavy (non-hydrogen) atoms. The van der Waals surface area contributed by atoms with Gasteiger partial charge in [-0.2, -0.15) is 0 Å². The number of phosphoric acid groups is 2. The van der Waals surface area contributed by atoms with E-state index >= 15 is 0 Å². The van der Waals surface area contributed by atoms with Crippen LogP contribution in [-0.2, 0) is 65.4 Å². The Morgan fingerprint density at radius 2 is 0.585 bits per heavy atom. The summed E-state index contributed by atoms with van der Waals surface area (Å²) in [6.07, 6.45) is 32.3. The van der Waals surface area contributed by atoms with Crippen molar-refractivity contribution >= 4 is 39.5 Å². The maximum absolute atomic E-state index is 13.0. The van der Waals surface area contributed by atoms with E-state index in [9.17, 15) is 43.2 Å². The third kappa shape index (κ3) is 55.9. The quantitative estimate of drug-likeness (QED) is 0.0222. The van der Waals surface area contributed by atoms with Crippen LogP contribution in [0.3, 0.4) is 0 Å². The van der Waals surface area contributed by atoms with Gasteiger partial charge in [0.25, 0.3) is 0 Å². The topological polar surface area (TPSA) is 237 Å². The molecule has 486 valence electrons. The monoisotopic (exact) mass is 1210 g/mol. The van der Waals surface area contributed by atoms with E-state index in [0.717, 1.165) is 115 Å². The molecule has 0 heterocycles. The molecule has 0 aromatic heterocycles. The van der Waals surface area contributed by atoms with Crippen LogP contribution in [0, 0.1) is 23.7 Å². The fourth-order valence-corrected chi connectivity index (χ4v) is 10.8. The van der Waals surface area contributed by atoms with Crippen LogP contribution in [0.2, 0.25) is 0 Å². The van der Waals surface area contributed by atoms with E-state index in [2.05, 4.69) is 55.4 Å². The number of aliphatic hydroxyl groups excluding tert-OH is 1. The van der Waals surface area contributed by atoms with Gasteiger partial charge in [-0.3, -0.25) is 37.3 Å². The van der Waals surface area contributed by atoms with Gasteiger partial charge >= 0.3 is 39.5 Å². The lowest BCUT2D eigenvalue weighted by Gasteiger charge is -2.21. The van der Waals surface area contributed by atoms with Crippen molar-refractivity contribution in [3.8, 4) is 0 Å². The van der Waals surface area contributed by atoms with E-state index in [4.69, 9.17) is 37.0 Å². The molecule has 0 saturated carbocycles. The van der Waals surface area contributed by atoms with E-state index in [1.807, 2.05) is 0 Å². The van der Waals surface area contributed by atoms with Crippen LogP contribution >= 0.6 is 15.6 Å². The molecule has 0 radical (unpaired) electrons. The highest BCUT2D eigenvalue weighted by Gasteiger charge is 2.30. The highest BCUT2D eigenvalue weighted by atomic mass is 31.2. The summed E-state index contributed by atoms with van der Waals surface area (Å²) >= 11 is 0. The molecule has 6 atom stereocenters. The van der Waals surface area contributed by atoms with Crippen molar-refractivity contribution in [3.05, 3.63) is 0 Å². The standard InChI is InChI=1S/C63H122O17P2/c1-9-56(8)42-34-26-21-22-30-38-46-63(68)80-59(50-74-61(66)44-36-28-20-14-17-25-33-41-55(6)7)52-78-82(71,72)76-48-57(64)47-75-81(69,70)77-51-58(49-73-60(65)43-35-27-19-13-16-24-32-40-54(4)5)79-62(67)45-37-29-18-12-10-11-15-23-31-39-53(2)3/h53-59,64H,9-52H2,1-8H3,(H,69,70)(H,71,72)/t56?,57?,58-,59-/m1/s1. The second-order valence-corrected chi connectivity index (χ2v) is 27.4. The van der Waals surface area contributed by atoms with Gasteiger partial charge in [0.1, 0.15) is 19.3 Å². The lowest BCUT2D eigenvalue weighted by atomic mass is 10.00. The molecular weight excluding hydrogens is 1090 g/mol. The Bertz CT molecular complexity index is 1650. The van der Waals surface area contributed by atoms with Crippen LogP contribution in [0.4, 0.5) is 0 Å². The number of hydrogen-bond donors (Lipinski definition) is 3. The summed E-state index contributed by atoms with van der Waals surface area (Å²) in [6.45, 7) is 13.9. The minimum absolute atomic E-state index is 0.101. The first-order valence-corrected chi connectivity index (χ1v) is 35.7. The van der Waals surface area contributed by atoms with Crippen molar-refractivity contribution in [1.82, 2.24) is 0 Å². The summed E-state index contributed by atoms with van der Waals surface area (Å²) in [4.78, 5) is 72.1. The number of carbonyl (C=O) groups is 4. The smallest absolute Gasteiger partial charge is 0.462 e. The highest BCUT2D eigenvalue weighted by Crippen LogP contribution is 2.45. The average Bonchev–Trinajstić information content (AvgIpc) is 3.45. The minimum atomic E-state index is -4.94. The Balaban J connectivity index is 5.26. The van der Waals surface area contributed by atoms with Crippen molar-refractivity contribution < 1.29 is 80.2 Å². The van der Waals surface area contributed by atoms with Crippen LogP contribution in [0.25, 0.3) is 0 Å². The van der Waals surface area contributed by atoms with Crippen molar-refractivity contribution in [1.29, 1.82) is 0 Å². The predicted molar refractivity (Wildman–Crippen MR) is 326 cm³/mol. The predicted octanol–water partition coefficient (Wildman–Crippen LogP) is 17.0. The average molecular weight is 1210 g/mol. The molecule has 4 unspecified atom stereocenters. The fraction of sp³-hybridized carbons (Fsp3) is 0.937. The Morgan fingerprint density at radius 1 is 0.341 bits per heavy atom. The molecule has 0 aromatic carbocycles. The largest absolute Gasteiger partial charge is 0.472 e. The van der Waals surface area contributed by atoms with Gasteiger partial charge in [0.2, 0.25) is 0 Å². The maximum atomic E-state index is 13.0. The van der Waals surface area contributed by atoms with Gasteiger partial charge in [0.05, 0.1) is 26.4 Å². The second-order valence-electron chi connectivity index (χ2n) is 24.5. The summed E-state index contributed by atoms with van der Waals surface area (Å²) in [7, 11) is -9.89. The number of aliphatic hydroxyl groups is 1. The number of unbranched alkanes of at least 4 members (excludes halogenated alkanes) is 25. The second kappa shape index (κ2) is 53.3. The molecule has 0 aliphatic rings. The summed E-state index contributed by atoms with van der Waals surface area (Å²) in [5.74, 6) is 0.723. The maximum Gasteiger partial charge on any atom is 0.472 e. The zero-order valence-electron chi connectivity index (χ0n) is 53.1. The molecule has 17 nitrogen and oxygen atoms in total. The molecule has 0 aliphatic heterocycles. The molecule has 0 rings (SSSR count). The van der Waals surface area contributed by atoms with Crippen LogP contribution in [-0.4, -0.2) is 96.7 Å². The number of ether oxygens (including phenoxy) is 4. The summed E-state index contributed by atoms with van der Waals surface area (Å²) in [6, 6.07) is 0. The first kappa shape index (κ1) is 80.1. The van der Waals surface area contributed by atoms with Crippen LogP contribution in [0.15, 0.2) is 0 Å². The summed E-state index contributed by atoms with van der Waals surface area (Å²) in [5, 5.41) is 10.5. The molecule has 19 heteroatoms. The van der Waals surface area contributed by atoms with E-state index in [-0.39, 0.29) is 25.7 Å². The Morgan fingerprint density at radius 3 is 0.866 bits per heavy atom. The minimum Gasteiger partial charge on any atom is -0.462 e. The SMILES string of the molecule is CCC(C)CCCCCCCCC(=O)O[C@H](COC(=O)CCCCCCCCCC(C)C)COP(=O)(O)OCC(O)COP(=O)(O)OC[C@@H](COC(=O)CCCCCCCCCC(C)C)OC(=O)CCCCCCCCCCCC(C)C. The van der Waals surface area contributed by atoms with Gasteiger partial charge in [-0.25, -0.2) is 9.13 Å². The van der Waals surface area contributed by atoms with Crippen LogP contribution < -0.4 is 0 Å². The van der Waals surface area contributed by atoms with Gasteiger partial charge < -0.3 is 33.8 Å². The third-order valence-electron chi connectivity index (χ3n) is 14.7. The first-order chi connectivity index (χ1) is 39.1. The molecule has 0 aliphatic carbocycles. The normalized spacial score (nSPS) is 14.8. The molecule has 3 N–H and O–H groups in total. The van der Waals surface area contributed by atoms with E-state index in [1.165, 1.54) is 89.9 Å². The van der Waals surface area contributed by atoms with Crippen LogP contribution in [0.5, 0.6) is 0 Å². The number of rotatable bonds is 60. The Kier molecular flexibility index (Phi) is 52.0. The Labute approximate surface area is 498 Å². The highest BCUT2D eigenvalue weighted by molar-refractivity contribution is 7.47. The fourth-order valence-electron chi connectivity index (χ4n) is 9.22. The Hall–Kier alpha value is -1.94. The number of carbonyl (C=O) groups excluding carboxylic acids is 4. The lowest BCUT2D eigenvalue weighted by Crippen LogP contribution is -2.30. The molecule has 0 bridgehead atoms. The number of hydrogen-bond acceptors (Lipinski definition) is 15. The first-order valence-electron chi connectivity index (χ1n) is 32.7. The third-order valence-corrected chi connectivity index (χ3v) is 16.6. The molecule has 0 saturated heterocycles. The summed E-state index contributed by atoms with van der Waals surface area (Å²) < 4.78 is 67.9. The number of phosphoric ester groups is 2. The molecule has 0 fully saturated rings. The van der Waals surface area contributed by atoms with Crippen molar-refractivity contribution in [3.63, 3.8) is 0 Å². The van der Waals surface area contributed by atoms with E-state index < -0.39 is 97.5 Å². The zero-order valence-corrected chi connectivity index (χ0v) is 54.9. The van der Waals surface area contributed by atoms with Crippen molar-refractivity contribution in [2.45, 2.75) is 318 Å². The molecular formula is C63H122O17P2. The van der Waals surface area contributed by atoms with Gasteiger partial charge in [-0.15, -0.1) is 0 Å². The van der Waals surface area contributed by atoms with Gasteiger partial charge in [-0.1, -0.05) is 248 Å². The molecule has 0 spiro atoms. The molecule has 0 amide bonds. The van der Waals surface area contributed by atoms with Gasteiger partial charge in [0.15, 0.2) is 12.2 Å². The zero-order chi connectivity index (χ0) is 61.1. The lowest BCUT2D eigenvalue weighted by molar-refractivity contribution is -0.161. The van der Waals surface area contributed by atoms with E-state index in [0.29, 0.717) is 37.5 Å². The van der Waals surface area contributed by atoms with Crippen LogP contribution in [0.1, 0.15) is 299 Å². The van der Waals surface area contributed by atoms with E-state index in [1.54, 1.807) is 0 Å². The van der Waals surface area contributed by atoms with Crippen molar-refractivity contribution in [2.75, 3.05) is 39.6 Å². The molecule has 0 aromatic rings. The van der Waals surface area contributed by atoms with Gasteiger partial charge in [-0.05, 0) is 49.4 Å².